The van der Waals surface area contributed by atoms with Crippen LogP contribution in [-0.2, 0) is 10.3 Å². The van der Waals surface area contributed by atoms with Crippen molar-refractivity contribution in [3.63, 3.8) is 0 Å². The number of para-hydroxylation sites is 1. The minimum Gasteiger partial charge on any atom is -0.346 e. The van der Waals surface area contributed by atoms with Crippen molar-refractivity contribution in [1.82, 2.24) is 24.7 Å². The normalized spacial score (nSPS) is 18.9. The molecule has 1 saturated heterocycles. The summed E-state index contributed by atoms with van der Waals surface area (Å²) in [5.41, 5.74) is 3.10. The SMILES string of the molecule is Cc1nc2cccc(C(=O)N(C)C)c2n1-c1cccc([C@]2(C)CC(=O)N(C)C(=N)N2)c1. The van der Waals surface area contributed by atoms with Crippen LogP contribution in [0.4, 0.5) is 0 Å². The monoisotopic (exact) mass is 418 g/mol. The Kier molecular flexibility index (Phi) is 4.80. The van der Waals surface area contributed by atoms with Crippen molar-refractivity contribution < 1.29 is 9.59 Å². The largest absolute Gasteiger partial charge is 0.346 e. The number of hydrogen-bond acceptors (Lipinski definition) is 4. The molecule has 0 radical (unpaired) electrons. The third-order valence-corrected chi connectivity index (χ3v) is 5.83. The van der Waals surface area contributed by atoms with Gasteiger partial charge in [0.25, 0.3) is 5.91 Å². The number of imidazole rings is 1. The van der Waals surface area contributed by atoms with Crippen LogP contribution in [0, 0.1) is 12.3 Å². The van der Waals surface area contributed by atoms with Crippen LogP contribution in [0.25, 0.3) is 16.7 Å². The summed E-state index contributed by atoms with van der Waals surface area (Å²) in [7, 11) is 5.06. The summed E-state index contributed by atoms with van der Waals surface area (Å²) in [6.07, 6.45) is 0.239. The van der Waals surface area contributed by atoms with E-state index in [4.69, 9.17) is 5.41 Å². The van der Waals surface area contributed by atoms with E-state index in [2.05, 4.69) is 10.3 Å². The minimum absolute atomic E-state index is 0.0762. The first-order chi connectivity index (χ1) is 14.6. The quantitative estimate of drug-likeness (QED) is 0.684. The fourth-order valence-electron chi connectivity index (χ4n) is 4.07. The van der Waals surface area contributed by atoms with Gasteiger partial charge in [-0.15, -0.1) is 0 Å². The summed E-state index contributed by atoms with van der Waals surface area (Å²) in [5.74, 6) is 0.634. The second-order valence-electron chi connectivity index (χ2n) is 8.35. The first kappa shape index (κ1) is 20.6. The van der Waals surface area contributed by atoms with Crippen molar-refractivity contribution in [2.75, 3.05) is 21.1 Å². The maximum absolute atomic E-state index is 12.8. The summed E-state index contributed by atoms with van der Waals surface area (Å²) in [6, 6.07) is 13.4. The predicted octanol–water partition coefficient (Wildman–Crippen LogP) is 2.64. The van der Waals surface area contributed by atoms with Crippen molar-refractivity contribution >= 4 is 28.8 Å². The average Bonchev–Trinajstić information content (AvgIpc) is 3.07. The number of hydrogen-bond donors (Lipinski definition) is 2. The minimum atomic E-state index is -0.705. The van der Waals surface area contributed by atoms with E-state index in [9.17, 15) is 9.59 Å². The zero-order valence-corrected chi connectivity index (χ0v) is 18.4. The van der Waals surface area contributed by atoms with Gasteiger partial charge in [0.1, 0.15) is 5.82 Å². The molecule has 31 heavy (non-hydrogen) atoms. The Bertz CT molecular complexity index is 1210. The molecule has 0 spiro atoms. The van der Waals surface area contributed by atoms with Gasteiger partial charge >= 0.3 is 0 Å². The molecule has 160 valence electrons. The highest BCUT2D eigenvalue weighted by Crippen LogP contribution is 2.32. The van der Waals surface area contributed by atoms with Crippen LogP contribution in [0.3, 0.4) is 0 Å². The number of amides is 2. The molecule has 1 aliphatic rings. The molecular weight excluding hydrogens is 392 g/mol. The molecule has 1 atom stereocenters. The molecule has 1 aliphatic heterocycles. The van der Waals surface area contributed by atoms with Crippen molar-refractivity contribution in [3.05, 3.63) is 59.4 Å². The summed E-state index contributed by atoms with van der Waals surface area (Å²) in [6.45, 7) is 3.83. The first-order valence-electron chi connectivity index (χ1n) is 10.1. The zero-order chi connectivity index (χ0) is 22.5. The number of aromatic nitrogens is 2. The molecule has 0 saturated carbocycles. The third-order valence-electron chi connectivity index (χ3n) is 5.83. The molecule has 0 unspecified atom stereocenters. The molecule has 2 N–H and O–H groups in total. The Morgan fingerprint density at radius 2 is 1.94 bits per heavy atom. The van der Waals surface area contributed by atoms with Crippen molar-refractivity contribution in [1.29, 1.82) is 5.41 Å². The fraction of sp³-hybridized carbons (Fsp3) is 0.304. The zero-order valence-electron chi connectivity index (χ0n) is 18.4. The van der Waals surface area contributed by atoms with Crippen LogP contribution in [0.15, 0.2) is 42.5 Å². The van der Waals surface area contributed by atoms with E-state index in [0.29, 0.717) is 5.56 Å². The number of nitrogens with one attached hydrogen (secondary N) is 2. The number of guanidine groups is 1. The van der Waals surface area contributed by atoms with Gasteiger partial charge < -0.3 is 10.2 Å². The van der Waals surface area contributed by atoms with E-state index in [1.54, 1.807) is 26.0 Å². The maximum atomic E-state index is 12.8. The molecule has 2 amide bonds. The number of aryl methyl sites for hydroxylation is 1. The lowest BCUT2D eigenvalue weighted by atomic mass is 9.86. The molecule has 2 heterocycles. The molecule has 2 aromatic carbocycles. The molecule has 8 nitrogen and oxygen atoms in total. The van der Waals surface area contributed by atoms with Crippen molar-refractivity contribution in [2.24, 2.45) is 0 Å². The Labute approximate surface area is 181 Å². The molecule has 1 fully saturated rings. The van der Waals surface area contributed by atoms with Crippen LogP contribution >= 0.6 is 0 Å². The van der Waals surface area contributed by atoms with Gasteiger partial charge in [-0.3, -0.25) is 24.5 Å². The van der Waals surface area contributed by atoms with Crippen molar-refractivity contribution in [2.45, 2.75) is 25.8 Å². The fourth-order valence-corrected chi connectivity index (χ4v) is 4.07. The number of nitrogens with zero attached hydrogens (tertiary/aromatic N) is 4. The number of fused-ring (bicyclic) bond motifs is 1. The van der Waals surface area contributed by atoms with Gasteiger partial charge in [-0.1, -0.05) is 18.2 Å². The van der Waals surface area contributed by atoms with Gasteiger partial charge in [-0.25, -0.2) is 4.98 Å². The van der Waals surface area contributed by atoms with E-state index < -0.39 is 5.54 Å². The second-order valence-corrected chi connectivity index (χ2v) is 8.35. The van der Waals surface area contributed by atoms with Crippen LogP contribution < -0.4 is 5.32 Å². The van der Waals surface area contributed by atoms with Gasteiger partial charge in [-0.2, -0.15) is 0 Å². The van der Waals surface area contributed by atoms with Crippen LogP contribution in [-0.4, -0.2) is 58.3 Å². The van der Waals surface area contributed by atoms with Gasteiger partial charge in [0.05, 0.1) is 28.6 Å². The number of benzene rings is 2. The molecule has 0 aliphatic carbocycles. The highest BCUT2D eigenvalue weighted by molar-refractivity contribution is 6.05. The molecule has 3 aromatic rings. The van der Waals surface area contributed by atoms with Crippen LogP contribution in [0.5, 0.6) is 0 Å². The van der Waals surface area contributed by atoms with Crippen LogP contribution in [0.2, 0.25) is 0 Å². The van der Waals surface area contributed by atoms with Crippen molar-refractivity contribution in [3.8, 4) is 5.69 Å². The Balaban J connectivity index is 1.87. The molecule has 1 aromatic heterocycles. The van der Waals surface area contributed by atoms with Gasteiger partial charge in [0.2, 0.25) is 5.91 Å². The molecule has 8 heteroatoms. The van der Waals surface area contributed by atoms with E-state index in [1.165, 1.54) is 4.90 Å². The molecule has 4 rings (SSSR count). The molecular formula is C23H26N6O2. The highest BCUT2D eigenvalue weighted by atomic mass is 16.2. The summed E-state index contributed by atoms with van der Waals surface area (Å²) in [5, 5.41) is 11.3. The lowest BCUT2D eigenvalue weighted by Gasteiger charge is -2.39. The Hall–Kier alpha value is -3.68. The lowest BCUT2D eigenvalue weighted by Crippen LogP contribution is -2.58. The number of carbonyl (C=O) groups is 2. The van der Waals surface area contributed by atoms with Crippen LogP contribution in [0.1, 0.15) is 35.1 Å². The first-order valence-corrected chi connectivity index (χ1v) is 10.1. The number of carbonyl (C=O) groups excluding carboxylic acids is 2. The lowest BCUT2D eigenvalue weighted by molar-refractivity contribution is -0.129. The average molecular weight is 419 g/mol. The summed E-state index contributed by atoms with van der Waals surface area (Å²) >= 11 is 0. The molecule has 0 bridgehead atoms. The van der Waals surface area contributed by atoms with Gasteiger partial charge in [0, 0.05) is 26.8 Å². The van der Waals surface area contributed by atoms with E-state index in [1.807, 2.05) is 60.9 Å². The second kappa shape index (κ2) is 7.23. The predicted molar refractivity (Wildman–Crippen MR) is 119 cm³/mol. The highest BCUT2D eigenvalue weighted by Gasteiger charge is 2.38. The standard InChI is InChI=1S/C23H26N6O2/c1-14-25-18-11-7-10-17(21(31)27(3)4)20(18)29(14)16-9-6-8-15(12-16)23(2)13-19(30)28(5)22(24)26-23/h6-12H,13H2,1-5H3,(H2,24,26)/t23-/m0/s1. The summed E-state index contributed by atoms with van der Waals surface area (Å²) < 4.78 is 1.97. The third kappa shape index (κ3) is 3.34. The Morgan fingerprint density at radius 1 is 1.23 bits per heavy atom. The Morgan fingerprint density at radius 3 is 2.61 bits per heavy atom. The van der Waals surface area contributed by atoms with E-state index in [-0.39, 0.29) is 24.2 Å². The van der Waals surface area contributed by atoms with E-state index in [0.717, 1.165) is 28.1 Å². The summed E-state index contributed by atoms with van der Waals surface area (Å²) in [4.78, 5) is 32.8. The maximum Gasteiger partial charge on any atom is 0.255 e. The van der Waals surface area contributed by atoms with E-state index >= 15 is 0 Å². The number of rotatable bonds is 3. The smallest absolute Gasteiger partial charge is 0.255 e. The topological polar surface area (TPSA) is 94.3 Å². The van der Waals surface area contributed by atoms with Gasteiger partial charge in [0.15, 0.2) is 5.96 Å². The van der Waals surface area contributed by atoms with Gasteiger partial charge in [-0.05, 0) is 43.7 Å².